The Balaban J connectivity index is 1.72. The lowest BCUT2D eigenvalue weighted by Gasteiger charge is -2.13. The third-order valence-corrected chi connectivity index (χ3v) is 4.00. The molecule has 1 amide bonds. The number of anilines is 1. The quantitative estimate of drug-likeness (QED) is 0.563. The summed E-state index contributed by atoms with van der Waals surface area (Å²) >= 11 is 5.89. The molecule has 128 valence electrons. The molecule has 1 N–H and O–H groups in total. The largest absolute Gasteiger partial charge is 0.449 e. The standard InChI is InChI=1S/C18H15ClN2O4/c1-10-12-6-3-4-8-14(12)25-15(10)18(23)24-11(2)17(22)21-13-7-5-9-20-16(13)19/h3-9,11H,1-2H3,(H,21,22)/t11-/m0/s1. The molecule has 3 rings (SSSR count). The summed E-state index contributed by atoms with van der Waals surface area (Å²) in [5.74, 6) is -1.13. The minimum atomic E-state index is -1.03. The molecule has 0 saturated heterocycles. The highest BCUT2D eigenvalue weighted by Gasteiger charge is 2.24. The van der Waals surface area contributed by atoms with Gasteiger partial charge in [0.2, 0.25) is 5.76 Å². The molecule has 0 fully saturated rings. The summed E-state index contributed by atoms with van der Waals surface area (Å²) in [7, 11) is 0. The van der Waals surface area contributed by atoms with Gasteiger partial charge < -0.3 is 14.5 Å². The van der Waals surface area contributed by atoms with Crippen molar-refractivity contribution in [3.63, 3.8) is 0 Å². The van der Waals surface area contributed by atoms with E-state index in [9.17, 15) is 9.59 Å². The van der Waals surface area contributed by atoms with Gasteiger partial charge in [0, 0.05) is 17.1 Å². The summed E-state index contributed by atoms with van der Waals surface area (Å²) in [6, 6.07) is 10.5. The van der Waals surface area contributed by atoms with Gasteiger partial charge in [-0.2, -0.15) is 0 Å². The van der Waals surface area contributed by atoms with E-state index in [0.717, 1.165) is 5.39 Å². The van der Waals surface area contributed by atoms with E-state index in [1.807, 2.05) is 18.2 Å². The van der Waals surface area contributed by atoms with Crippen LogP contribution in [0.15, 0.2) is 47.0 Å². The molecule has 0 saturated carbocycles. The van der Waals surface area contributed by atoms with Crippen LogP contribution in [-0.4, -0.2) is 23.0 Å². The molecule has 1 atom stereocenters. The van der Waals surface area contributed by atoms with E-state index in [-0.39, 0.29) is 10.9 Å². The van der Waals surface area contributed by atoms with Crippen molar-refractivity contribution in [1.82, 2.24) is 4.98 Å². The van der Waals surface area contributed by atoms with Gasteiger partial charge in [-0.3, -0.25) is 4.79 Å². The van der Waals surface area contributed by atoms with Crippen LogP contribution in [0.3, 0.4) is 0 Å². The Bertz CT molecular complexity index is 951. The Hall–Kier alpha value is -2.86. The number of ether oxygens (including phenoxy) is 1. The molecule has 0 spiro atoms. The number of amides is 1. The Morgan fingerprint density at radius 1 is 1.24 bits per heavy atom. The van der Waals surface area contributed by atoms with Crippen LogP contribution in [0.2, 0.25) is 5.15 Å². The number of benzene rings is 1. The van der Waals surface area contributed by atoms with Crippen LogP contribution in [0.1, 0.15) is 23.0 Å². The zero-order valence-electron chi connectivity index (χ0n) is 13.6. The number of rotatable bonds is 4. The van der Waals surface area contributed by atoms with E-state index in [2.05, 4.69) is 10.3 Å². The molecular weight excluding hydrogens is 344 g/mol. The van der Waals surface area contributed by atoms with E-state index in [1.54, 1.807) is 25.1 Å². The number of fused-ring (bicyclic) bond motifs is 1. The molecule has 0 unspecified atom stereocenters. The fourth-order valence-corrected chi connectivity index (χ4v) is 2.52. The summed E-state index contributed by atoms with van der Waals surface area (Å²) in [6.45, 7) is 3.23. The first kappa shape index (κ1) is 17.0. The minimum Gasteiger partial charge on any atom is -0.449 e. The predicted octanol–water partition coefficient (Wildman–Crippen LogP) is 3.97. The lowest BCUT2D eigenvalue weighted by atomic mass is 10.1. The van der Waals surface area contributed by atoms with Crippen molar-refractivity contribution in [1.29, 1.82) is 0 Å². The molecule has 3 aromatic rings. The zero-order valence-corrected chi connectivity index (χ0v) is 14.3. The SMILES string of the molecule is Cc1c(C(=O)O[C@@H](C)C(=O)Nc2cccnc2Cl)oc2ccccc12. The number of furan rings is 1. The second kappa shape index (κ2) is 6.94. The number of para-hydroxylation sites is 1. The molecule has 0 aliphatic carbocycles. The summed E-state index contributed by atoms with van der Waals surface area (Å²) in [5, 5.41) is 3.55. The fraction of sp³-hybridized carbons (Fsp3) is 0.167. The molecule has 25 heavy (non-hydrogen) atoms. The first-order chi connectivity index (χ1) is 12.0. The highest BCUT2D eigenvalue weighted by molar-refractivity contribution is 6.32. The van der Waals surface area contributed by atoms with Crippen LogP contribution in [0, 0.1) is 6.92 Å². The monoisotopic (exact) mass is 358 g/mol. The second-order valence-electron chi connectivity index (χ2n) is 5.43. The van der Waals surface area contributed by atoms with Gasteiger partial charge in [-0.25, -0.2) is 9.78 Å². The van der Waals surface area contributed by atoms with Gasteiger partial charge >= 0.3 is 5.97 Å². The van der Waals surface area contributed by atoms with Crippen LogP contribution >= 0.6 is 11.6 Å². The Kier molecular flexibility index (Phi) is 4.72. The van der Waals surface area contributed by atoms with Gasteiger partial charge in [0.05, 0.1) is 5.69 Å². The van der Waals surface area contributed by atoms with Gasteiger partial charge in [-0.15, -0.1) is 0 Å². The van der Waals surface area contributed by atoms with E-state index in [0.29, 0.717) is 16.8 Å². The number of nitrogens with one attached hydrogen (secondary N) is 1. The number of carbonyl (C=O) groups is 2. The first-order valence-corrected chi connectivity index (χ1v) is 7.95. The molecule has 7 heteroatoms. The lowest BCUT2D eigenvalue weighted by molar-refractivity contribution is -0.123. The van der Waals surface area contributed by atoms with Gasteiger partial charge in [0.1, 0.15) is 5.58 Å². The average Bonchev–Trinajstić information content (AvgIpc) is 2.94. The second-order valence-corrected chi connectivity index (χ2v) is 5.79. The zero-order chi connectivity index (χ0) is 18.0. The van der Waals surface area contributed by atoms with Crippen molar-refractivity contribution in [2.45, 2.75) is 20.0 Å². The Morgan fingerprint density at radius 2 is 2.00 bits per heavy atom. The average molecular weight is 359 g/mol. The highest BCUT2D eigenvalue weighted by Crippen LogP contribution is 2.26. The number of esters is 1. The summed E-state index contributed by atoms with van der Waals surface area (Å²) < 4.78 is 10.8. The summed E-state index contributed by atoms with van der Waals surface area (Å²) in [5.41, 5.74) is 1.60. The van der Waals surface area contributed by atoms with Crippen molar-refractivity contribution in [2.24, 2.45) is 0 Å². The van der Waals surface area contributed by atoms with Gasteiger partial charge in [-0.1, -0.05) is 29.8 Å². The van der Waals surface area contributed by atoms with Crippen molar-refractivity contribution >= 4 is 40.1 Å². The van der Waals surface area contributed by atoms with Crippen molar-refractivity contribution in [2.75, 3.05) is 5.32 Å². The normalized spacial score (nSPS) is 12.0. The number of hydrogen-bond donors (Lipinski definition) is 1. The minimum absolute atomic E-state index is 0.0836. The number of aromatic nitrogens is 1. The summed E-state index contributed by atoms with van der Waals surface area (Å²) in [4.78, 5) is 28.4. The van der Waals surface area contributed by atoms with Crippen molar-refractivity contribution in [3.8, 4) is 0 Å². The van der Waals surface area contributed by atoms with Gasteiger partial charge in [-0.05, 0) is 32.0 Å². The number of pyridine rings is 1. The van der Waals surface area contributed by atoms with Crippen molar-refractivity contribution in [3.05, 3.63) is 59.1 Å². The van der Waals surface area contributed by atoms with Crippen LogP contribution < -0.4 is 5.32 Å². The van der Waals surface area contributed by atoms with Gasteiger partial charge in [0.15, 0.2) is 11.3 Å². The molecule has 1 aromatic carbocycles. The van der Waals surface area contributed by atoms with E-state index in [4.69, 9.17) is 20.8 Å². The van der Waals surface area contributed by atoms with Crippen LogP contribution in [-0.2, 0) is 9.53 Å². The predicted molar refractivity (Wildman–Crippen MR) is 93.7 cm³/mol. The number of aryl methyl sites for hydroxylation is 1. The lowest BCUT2D eigenvalue weighted by Crippen LogP contribution is -2.30. The highest BCUT2D eigenvalue weighted by atomic mass is 35.5. The van der Waals surface area contributed by atoms with E-state index < -0.39 is 18.0 Å². The molecule has 2 heterocycles. The van der Waals surface area contributed by atoms with Crippen LogP contribution in [0.5, 0.6) is 0 Å². The summed E-state index contributed by atoms with van der Waals surface area (Å²) in [6.07, 6.45) is 0.475. The maximum absolute atomic E-state index is 12.3. The number of halogens is 1. The molecular formula is C18H15ClN2O4. The van der Waals surface area contributed by atoms with Crippen molar-refractivity contribution < 1.29 is 18.7 Å². The third kappa shape index (κ3) is 3.49. The maximum Gasteiger partial charge on any atom is 0.375 e. The van der Waals surface area contributed by atoms with Gasteiger partial charge in [0.25, 0.3) is 5.91 Å². The topological polar surface area (TPSA) is 81.4 Å². The Morgan fingerprint density at radius 3 is 2.72 bits per heavy atom. The molecule has 0 aliphatic rings. The molecule has 0 aliphatic heterocycles. The van der Waals surface area contributed by atoms with Crippen LogP contribution in [0.25, 0.3) is 11.0 Å². The number of hydrogen-bond acceptors (Lipinski definition) is 5. The molecule has 0 radical (unpaired) electrons. The first-order valence-electron chi connectivity index (χ1n) is 7.58. The fourth-order valence-electron chi connectivity index (χ4n) is 2.35. The molecule has 2 aromatic heterocycles. The molecule has 0 bridgehead atoms. The number of nitrogens with zero attached hydrogens (tertiary/aromatic N) is 1. The third-order valence-electron chi connectivity index (χ3n) is 3.70. The Labute approximate surface area is 148 Å². The van der Waals surface area contributed by atoms with E-state index >= 15 is 0 Å². The smallest absolute Gasteiger partial charge is 0.375 e. The number of carbonyl (C=O) groups excluding carboxylic acids is 2. The molecule has 6 nitrogen and oxygen atoms in total. The maximum atomic E-state index is 12.3. The van der Waals surface area contributed by atoms with Crippen LogP contribution in [0.4, 0.5) is 5.69 Å². The van der Waals surface area contributed by atoms with E-state index in [1.165, 1.54) is 13.1 Å².